The second-order valence-electron chi connectivity index (χ2n) is 8.37. The van der Waals surface area contributed by atoms with Crippen molar-refractivity contribution in [3.05, 3.63) is 103 Å². The Hall–Kier alpha value is -3.06. The van der Waals surface area contributed by atoms with E-state index < -0.39 is 5.92 Å². The van der Waals surface area contributed by atoms with Crippen molar-refractivity contribution >= 4 is 0 Å². The second kappa shape index (κ2) is 8.82. The van der Waals surface area contributed by atoms with Gasteiger partial charge in [0.15, 0.2) is 0 Å². The maximum absolute atomic E-state index is 13.5. The molecule has 0 aliphatic carbocycles. The third-order valence-corrected chi connectivity index (χ3v) is 6.05. The minimum absolute atomic E-state index is 0.0548. The Bertz CT molecular complexity index is 1210. The van der Waals surface area contributed by atoms with Crippen molar-refractivity contribution in [2.24, 2.45) is 0 Å². The minimum atomic E-state index is -2.93. The summed E-state index contributed by atoms with van der Waals surface area (Å²) in [7, 11) is 0. The Balaban J connectivity index is 1.67. The van der Waals surface area contributed by atoms with Gasteiger partial charge < -0.3 is 0 Å². The van der Waals surface area contributed by atoms with Crippen LogP contribution in [0, 0.1) is 0 Å². The lowest BCUT2D eigenvalue weighted by Crippen LogP contribution is -2.47. The summed E-state index contributed by atoms with van der Waals surface area (Å²) < 4.78 is 29.9. The first-order valence-electron chi connectivity index (χ1n) is 10.9. The molecule has 1 aliphatic heterocycles. The minimum Gasteiger partial charge on any atom is -0.297 e. The highest BCUT2D eigenvalue weighted by Crippen LogP contribution is 2.27. The zero-order valence-electron chi connectivity index (χ0n) is 18.4. The molecule has 1 aliphatic rings. The highest BCUT2D eigenvalue weighted by molar-refractivity contribution is 5.27. The first-order valence-corrected chi connectivity index (χ1v) is 10.9. The molecule has 0 N–H and O–H groups in total. The topological polar surface area (TPSA) is 47.2 Å². The molecule has 3 aromatic rings. The largest absolute Gasteiger partial charge is 0.331 e. The highest BCUT2D eigenvalue weighted by Gasteiger charge is 2.26. The van der Waals surface area contributed by atoms with Gasteiger partial charge >= 0.3 is 5.69 Å². The van der Waals surface area contributed by atoms with E-state index in [1.54, 1.807) is 16.7 Å². The van der Waals surface area contributed by atoms with Crippen molar-refractivity contribution in [3.63, 3.8) is 0 Å². The van der Waals surface area contributed by atoms with Crippen LogP contribution >= 0.6 is 0 Å². The fraction of sp³-hybridized carbons (Fsp3) is 0.360. The van der Waals surface area contributed by atoms with Gasteiger partial charge in [0.05, 0.1) is 12.1 Å². The van der Waals surface area contributed by atoms with E-state index in [1.807, 2.05) is 25.1 Å². The number of rotatable bonds is 6. The molecule has 2 aromatic carbocycles. The predicted octanol–water partition coefficient (Wildman–Crippen LogP) is 3.75. The molecule has 0 saturated carbocycles. The summed E-state index contributed by atoms with van der Waals surface area (Å²) in [4.78, 5) is 28.6. The van der Waals surface area contributed by atoms with Gasteiger partial charge in [0.1, 0.15) is 0 Å². The normalized spacial score (nSPS) is 14.4. The molecule has 0 bridgehead atoms. The Labute approximate surface area is 185 Å². The van der Waals surface area contributed by atoms with Crippen molar-refractivity contribution in [2.45, 2.75) is 52.4 Å². The number of benzene rings is 2. The number of hydrogen-bond donors (Lipinski definition) is 0. The van der Waals surface area contributed by atoms with Gasteiger partial charge in [-0.1, -0.05) is 54.6 Å². The lowest BCUT2D eigenvalue weighted by molar-refractivity contribution is 0.0174. The summed E-state index contributed by atoms with van der Waals surface area (Å²) in [5, 5.41) is 0. The summed E-state index contributed by atoms with van der Waals surface area (Å²) in [6.07, 6.45) is 0.640. The van der Waals surface area contributed by atoms with Crippen LogP contribution in [0.4, 0.5) is 8.78 Å². The molecule has 0 spiro atoms. The first-order chi connectivity index (χ1) is 15.3. The van der Waals surface area contributed by atoms with Crippen molar-refractivity contribution in [3.8, 4) is 0 Å². The Morgan fingerprint density at radius 1 is 0.906 bits per heavy atom. The monoisotopic (exact) mass is 439 g/mol. The van der Waals surface area contributed by atoms with E-state index in [9.17, 15) is 18.4 Å². The molecule has 0 saturated heterocycles. The van der Waals surface area contributed by atoms with Crippen molar-refractivity contribution < 1.29 is 8.78 Å². The molecule has 0 unspecified atom stereocenters. The highest BCUT2D eigenvalue weighted by atomic mass is 19.3. The molecule has 168 valence electrons. The number of fused-ring (bicyclic) bond motifs is 1. The van der Waals surface area contributed by atoms with Crippen molar-refractivity contribution in [1.82, 2.24) is 14.0 Å². The van der Waals surface area contributed by atoms with Gasteiger partial charge in [0.2, 0.25) is 0 Å². The number of halogens is 2. The van der Waals surface area contributed by atoms with E-state index in [0.717, 1.165) is 25.7 Å². The summed E-state index contributed by atoms with van der Waals surface area (Å²) >= 11 is 0. The molecule has 0 fully saturated rings. The van der Waals surface area contributed by atoms with Crippen LogP contribution in [0.3, 0.4) is 0 Å². The van der Waals surface area contributed by atoms with Crippen molar-refractivity contribution in [2.75, 3.05) is 6.54 Å². The third kappa shape index (κ3) is 4.43. The molecule has 32 heavy (non-hydrogen) atoms. The molecule has 7 heteroatoms. The van der Waals surface area contributed by atoms with Crippen LogP contribution in [-0.4, -0.2) is 20.6 Å². The summed E-state index contributed by atoms with van der Waals surface area (Å²) in [6, 6.07) is 15.9. The van der Waals surface area contributed by atoms with Crippen LogP contribution in [0.15, 0.2) is 64.2 Å². The molecular formula is C25H27F2N3O2. The first kappa shape index (κ1) is 22.1. The van der Waals surface area contributed by atoms with Gasteiger partial charge in [-0.3, -0.25) is 18.8 Å². The van der Waals surface area contributed by atoms with Crippen LogP contribution in [0.25, 0.3) is 0 Å². The molecule has 0 amide bonds. The molecule has 4 rings (SSSR count). The molecule has 2 heterocycles. The maximum Gasteiger partial charge on any atom is 0.331 e. The zero-order valence-corrected chi connectivity index (χ0v) is 18.4. The van der Waals surface area contributed by atoms with Crippen LogP contribution < -0.4 is 11.2 Å². The second-order valence-corrected chi connectivity index (χ2v) is 8.37. The van der Waals surface area contributed by atoms with Crippen LogP contribution in [0.1, 0.15) is 41.8 Å². The molecular weight excluding hydrogens is 412 g/mol. The quantitative estimate of drug-likeness (QED) is 0.588. The Kier molecular flexibility index (Phi) is 6.11. The SMILES string of the molecule is CCn1c2c(c(=O)n(Cc3ccc(C(C)(F)F)cc3)c1=O)CN(Cc1ccccc1)CC2. The van der Waals surface area contributed by atoms with Crippen LogP contribution in [0.2, 0.25) is 0 Å². The van der Waals surface area contributed by atoms with Gasteiger partial charge in [-0.15, -0.1) is 0 Å². The van der Waals surface area contributed by atoms with E-state index in [-0.39, 0.29) is 23.4 Å². The van der Waals surface area contributed by atoms with E-state index in [0.29, 0.717) is 30.6 Å². The smallest absolute Gasteiger partial charge is 0.297 e. The molecule has 0 atom stereocenters. The van der Waals surface area contributed by atoms with Crippen LogP contribution in [-0.2, 0) is 38.5 Å². The fourth-order valence-electron chi connectivity index (χ4n) is 4.34. The van der Waals surface area contributed by atoms with E-state index in [4.69, 9.17) is 0 Å². The standard InChI is InChI=1S/C25H27F2N3O2/c1-3-29-22-13-14-28(15-18-7-5-4-6-8-18)17-21(22)23(31)30(24(29)32)16-19-9-11-20(12-10-19)25(2,26)27/h4-12H,3,13-17H2,1-2H3. The van der Waals surface area contributed by atoms with Crippen molar-refractivity contribution in [1.29, 1.82) is 0 Å². The fourth-order valence-corrected chi connectivity index (χ4v) is 4.34. The van der Waals surface area contributed by atoms with Gasteiger partial charge in [-0.25, -0.2) is 13.6 Å². The lowest BCUT2D eigenvalue weighted by atomic mass is 10.0. The van der Waals surface area contributed by atoms with E-state index in [1.165, 1.54) is 22.3 Å². The molecule has 5 nitrogen and oxygen atoms in total. The Morgan fingerprint density at radius 3 is 2.19 bits per heavy atom. The predicted molar refractivity (Wildman–Crippen MR) is 120 cm³/mol. The summed E-state index contributed by atoms with van der Waals surface area (Å²) in [6.45, 7) is 5.25. The average Bonchev–Trinajstić information content (AvgIpc) is 2.78. The number of alkyl halides is 2. The maximum atomic E-state index is 13.5. The zero-order chi connectivity index (χ0) is 22.9. The van der Waals surface area contributed by atoms with E-state index in [2.05, 4.69) is 17.0 Å². The van der Waals surface area contributed by atoms with Crippen LogP contribution in [0.5, 0.6) is 0 Å². The molecule has 0 radical (unpaired) electrons. The van der Waals surface area contributed by atoms with E-state index >= 15 is 0 Å². The number of nitrogens with zero attached hydrogens (tertiary/aromatic N) is 3. The van der Waals surface area contributed by atoms with Gasteiger partial charge in [-0.2, -0.15) is 0 Å². The lowest BCUT2D eigenvalue weighted by Gasteiger charge is -2.30. The van der Waals surface area contributed by atoms with Gasteiger partial charge in [0.25, 0.3) is 11.5 Å². The molecule has 1 aromatic heterocycles. The average molecular weight is 440 g/mol. The number of aromatic nitrogens is 2. The summed E-state index contributed by atoms with van der Waals surface area (Å²) in [5.74, 6) is -2.93. The Morgan fingerprint density at radius 2 is 1.56 bits per heavy atom. The van der Waals surface area contributed by atoms with Gasteiger partial charge in [0, 0.05) is 50.8 Å². The third-order valence-electron chi connectivity index (χ3n) is 6.05. The van der Waals surface area contributed by atoms with Gasteiger partial charge in [-0.05, 0) is 18.1 Å². The summed E-state index contributed by atoms with van der Waals surface area (Å²) in [5.41, 5.74) is 2.52. The number of hydrogen-bond acceptors (Lipinski definition) is 3.